The summed E-state index contributed by atoms with van der Waals surface area (Å²) in [7, 11) is 0. The number of hydrogen-bond acceptors (Lipinski definition) is 3. The molecule has 0 atom stereocenters. The second kappa shape index (κ2) is 7.16. The third kappa shape index (κ3) is 4.24. The summed E-state index contributed by atoms with van der Waals surface area (Å²) in [4.78, 5) is 15.5. The van der Waals surface area contributed by atoms with E-state index in [0.717, 1.165) is 32.6 Å². The van der Waals surface area contributed by atoms with Crippen LogP contribution in [0.1, 0.15) is 63.0 Å². The molecule has 1 fully saturated rings. The minimum absolute atomic E-state index is 0.0799. The molecule has 1 heterocycles. The molecule has 0 bridgehead atoms. The van der Waals surface area contributed by atoms with Gasteiger partial charge in [0.25, 0.3) is 5.92 Å². The molecule has 0 spiro atoms. The maximum absolute atomic E-state index is 13.7. The fourth-order valence-electron chi connectivity index (χ4n) is 3.26. The average Bonchev–Trinajstić information content (AvgIpc) is 2.47. The Kier molecular flexibility index (Phi) is 5.48. The Bertz CT molecular complexity index is 506. The molecule has 1 aromatic heterocycles. The van der Waals surface area contributed by atoms with Gasteiger partial charge in [-0.2, -0.15) is 0 Å². The summed E-state index contributed by atoms with van der Waals surface area (Å²) < 4.78 is 32.4. The molecule has 1 saturated carbocycles. The van der Waals surface area contributed by atoms with Crippen molar-refractivity contribution in [1.82, 2.24) is 4.98 Å². The van der Waals surface area contributed by atoms with Crippen LogP contribution in [0.3, 0.4) is 0 Å². The summed E-state index contributed by atoms with van der Waals surface area (Å²) in [5, 5.41) is 0. The Labute approximate surface area is 130 Å². The van der Waals surface area contributed by atoms with Crippen molar-refractivity contribution < 1.29 is 18.3 Å². The van der Waals surface area contributed by atoms with Crippen LogP contribution in [0.2, 0.25) is 0 Å². The van der Waals surface area contributed by atoms with Gasteiger partial charge in [-0.25, -0.2) is 8.78 Å². The Balaban J connectivity index is 1.99. The van der Waals surface area contributed by atoms with Crippen molar-refractivity contribution >= 4 is 5.97 Å². The lowest BCUT2D eigenvalue weighted by Gasteiger charge is -2.30. The van der Waals surface area contributed by atoms with Crippen molar-refractivity contribution in [2.45, 2.75) is 57.8 Å². The first-order valence-corrected chi connectivity index (χ1v) is 7.89. The van der Waals surface area contributed by atoms with Crippen LogP contribution in [-0.2, 0) is 15.5 Å². The molecule has 0 amide bonds. The molecule has 0 unspecified atom stereocenters. The number of aromatic nitrogens is 1. The summed E-state index contributed by atoms with van der Waals surface area (Å²) in [6, 6.07) is 1.42. The highest BCUT2D eigenvalue weighted by Gasteiger charge is 2.32. The van der Waals surface area contributed by atoms with Gasteiger partial charge in [-0.15, -0.1) is 0 Å². The zero-order chi connectivity index (χ0) is 16.2. The fourth-order valence-corrected chi connectivity index (χ4v) is 3.26. The molecule has 1 aliphatic carbocycles. The second-order valence-corrected chi connectivity index (χ2v) is 6.08. The highest BCUT2D eigenvalue weighted by Crippen LogP contribution is 2.41. The van der Waals surface area contributed by atoms with E-state index in [0.29, 0.717) is 24.5 Å². The van der Waals surface area contributed by atoms with Crippen molar-refractivity contribution in [3.8, 4) is 0 Å². The number of alkyl halides is 2. The zero-order valence-corrected chi connectivity index (χ0v) is 13.1. The first-order valence-electron chi connectivity index (χ1n) is 7.89. The number of esters is 1. The fraction of sp³-hybridized carbons (Fsp3) is 0.647. The van der Waals surface area contributed by atoms with E-state index in [2.05, 4.69) is 4.98 Å². The monoisotopic (exact) mass is 311 g/mol. The Hall–Kier alpha value is -1.52. The van der Waals surface area contributed by atoms with Gasteiger partial charge in [0.15, 0.2) is 0 Å². The summed E-state index contributed by atoms with van der Waals surface area (Å²) >= 11 is 0. The molecule has 0 aromatic carbocycles. The van der Waals surface area contributed by atoms with Crippen LogP contribution in [0.25, 0.3) is 0 Å². The van der Waals surface area contributed by atoms with Gasteiger partial charge in [0.05, 0.1) is 6.61 Å². The number of ether oxygens (including phenoxy) is 1. The first-order chi connectivity index (χ1) is 10.4. The van der Waals surface area contributed by atoms with E-state index in [1.165, 1.54) is 12.3 Å². The van der Waals surface area contributed by atoms with E-state index in [-0.39, 0.29) is 17.5 Å². The number of halogens is 2. The topological polar surface area (TPSA) is 39.2 Å². The van der Waals surface area contributed by atoms with Gasteiger partial charge in [-0.3, -0.25) is 9.78 Å². The summed E-state index contributed by atoms with van der Waals surface area (Å²) in [5.74, 6) is -2.60. The van der Waals surface area contributed by atoms with Crippen molar-refractivity contribution in [1.29, 1.82) is 0 Å². The lowest BCUT2D eigenvalue weighted by Crippen LogP contribution is -2.20. The molecule has 3 nitrogen and oxygen atoms in total. The van der Waals surface area contributed by atoms with Crippen LogP contribution < -0.4 is 0 Å². The molecule has 1 aliphatic rings. The van der Waals surface area contributed by atoms with Gasteiger partial charge in [-0.1, -0.05) is 0 Å². The molecule has 2 rings (SSSR count). The quantitative estimate of drug-likeness (QED) is 0.756. The molecule has 22 heavy (non-hydrogen) atoms. The molecule has 0 radical (unpaired) electrons. The van der Waals surface area contributed by atoms with Crippen LogP contribution in [0.5, 0.6) is 0 Å². The standard InChI is InChI=1S/C17H23F2NO2/c1-3-22-16(21)10-12-4-6-13(7-5-12)14-11-20-9-8-15(14)17(2,18)19/h8-9,11-13H,3-7,10H2,1-2H3. The number of pyridine rings is 1. The third-order valence-corrected chi connectivity index (χ3v) is 4.37. The summed E-state index contributed by atoms with van der Waals surface area (Å²) in [5.41, 5.74) is 0.737. The smallest absolute Gasteiger partial charge is 0.306 e. The van der Waals surface area contributed by atoms with E-state index < -0.39 is 5.92 Å². The molecule has 5 heteroatoms. The molecule has 1 aromatic rings. The van der Waals surface area contributed by atoms with E-state index in [4.69, 9.17) is 4.74 Å². The Morgan fingerprint density at radius 1 is 1.36 bits per heavy atom. The predicted octanol–water partition coefficient (Wildman–Crippen LogP) is 4.42. The summed E-state index contributed by atoms with van der Waals surface area (Å²) in [6.45, 7) is 3.13. The van der Waals surface area contributed by atoms with Crippen LogP contribution in [-0.4, -0.2) is 17.6 Å². The molecule has 0 aliphatic heterocycles. The number of rotatable bonds is 5. The molecule has 0 N–H and O–H groups in total. The lowest BCUT2D eigenvalue weighted by molar-refractivity contribution is -0.144. The van der Waals surface area contributed by atoms with E-state index >= 15 is 0 Å². The molecule has 122 valence electrons. The van der Waals surface area contributed by atoms with Crippen LogP contribution in [0, 0.1) is 5.92 Å². The number of carbonyl (C=O) groups excluding carboxylic acids is 1. The van der Waals surface area contributed by atoms with Gasteiger partial charge in [0.1, 0.15) is 0 Å². The maximum Gasteiger partial charge on any atom is 0.306 e. The molecular weight excluding hydrogens is 288 g/mol. The largest absolute Gasteiger partial charge is 0.466 e. The van der Waals surface area contributed by atoms with Crippen molar-refractivity contribution in [3.05, 3.63) is 29.6 Å². The van der Waals surface area contributed by atoms with Crippen molar-refractivity contribution in [3.63, 3.8) is 0 Å². The summed E-state index contributed by atoms with van der Waals surface area (Å²) in [6.07, 6.45) is 6.80. The SMILES string of the molecule is CCOC(=O)CC1CCC(c2cnccc2C(C)(F)F)CC1. The van der Waals surface area contributed by atoms with E-state index in [9.17, 15) is 13.6 Å². The van der Waals surface area contributed by atoms with Crippen molar-refractivity contribution in [2.75, 3.05) is 6.61 Å². The van der Waals surface area contributed by atoms with Gasteiger partial charge in [-0.05, 0) is 56.1 Å². The van der Waals surface area contributed by atoms with E-state index in [1.807, 2.05) is 0 Å². The average molecular weight is 311 g/mol. The number of nitrogens with zero attached hydrogens (tertiary/aromatic N) is 1. The lowest BCUT2D eigenvalue weighted by atomic mass is 9.76. The van der Waals surface area contributed by atoms with Gasteiger partial charge in [0, 0.05) is 31.3 Å². The number of hydrogen-bond donors (Lipinski definition) is 0. The highest BCUT2D eigenvalue weighted by molar-refractivity contribution is 5.69. The molecule has 0 saturated heterocycles. The highest BCUT2D eigenvalue weighted by atomic mass is 19.3. The number of carbonyl (C=O) groups is 1. The Morgan fingerprint density at radius 3 is 2.64 bits per heavy atom. The van der Waals surface area contributed by atoms with Crippen LogP contribution in [0.4, 0.5) is 8.78 Å². The van der Waals surface area contributed by atoms with Gasteiger partial charge in [0.2, 0.25) is 0 Å². The third-order valence-electron chi connectivity index (χ3n) is 4.37. The first kappa shape index (κ1) is 16.8. The zero-order valence-electron chi connectivity index (χ0n) is 13.1. The Morgan fingerprint density at radius 2 is 2.05 bits per heavy atom. The van der Waals surface area contributed by atoms with Crippen molar-refractivity contribution in [2.24, 2.45) is 5.92 Å². The predicted molar refractivity (Wildman–Crippen MR) is 79.8 cm³/mol. The van der Waals surface area contributed by atoms with Crippen LogP contribution in [0.15, 0.2) is 18.5 Å². The maximum atomic E-state index is 13.7. The van der Waals surface area contributed by atoms with Crippen LogP contribution >= 0.6 is 0 Å². The van der Waals surface area contributed by atoms with E-state index in [1.54, 1.807) is 13.1 Å². The normalized spacial score (nSPS) is 22.4. The minimum atomic E-state index is -2.85. The van der Waals surface area contributed by atoms with Gasteiger partial charge >= 0.3 is 5.97 Å². The molecular formula is C17H23F2NO2. The minimum Gasteiger partial charge on any atom is -0.466 e. The second-order valence-electron chi connectivity index (χ2n) is 6.08. The van der Waals surface area contributed by atoms with Gasteiger partial charge < -0.3 is 4.74 Å².